The third-order valence-electron chi connectivity index (χ3n) is 2.46. The molecule has 1 atom stereocenters. The van der Waals surface area contributed by atoms with E-state index in [4.69, 9.17) is 4.42 Å². The Morgan fingerprint density at radius 1 is 1.33 bits per heavy atom. The Bertz CT molecular complexity index is 512. The molecule has 0 saturated carbocycles. The van der Waals surface area contributed by atoms with E-state index in [0.29, 0.717) is 23.9 Å². The molecule has 0 aliphatic carbocycles. The molecule has 3 N–H and O–H groups in total. The van der Waals surface area contributed by atoms with Crippen LogP contribution in [0.25, 0.3) is 0 Å². The van der Waals surface area contributed by atoms with Crippen molar-refractivity contribution in [2.45, 2.75) is 13.0 Å². The molecular formula is C12H16N4O2. The summed E-state index contributed by atoms with van der Waals surface area (Å²) in [5, 5.41) is 15.8. The normalized spacial score (nSPS) is 12.2. The molecule has 96 valence electrons. The van der Waals surface area contributed by atoms with Crippen molar-refractivity contribution in [3.05, 3.63) is 36.0 Å². The monoisotopic (exact) mass is 248 g/mol. The van der Waals surface area contributed by atoms with Crippen LogP contribution in [-0.4, -0.2) is 28.7 Å². The number of aliphatic hydroxyl groups excluding tert-OH is 1. The first-order valence-corrected chi connectivity index (χ1v) is 5.67. The first-order valence-electron chi connectivity index (χ1n) is 5.67. The van der Waals surface area contributed by atoms with Crippen LogP contribution in [0, 0.1) is 6.92 Å². The largest absolute Gasteiger partial charge is 0.464 e. The van der Waals surface area contributed by atoms with Gasteiger partial charge in [0.2, 0.25) is 0 Å². The van der Waals surface area contributed by atoms with Gasteiger partial charge < -0.3 is 20.2 Å². The first-order chi connectivity index (χ1) is 8.69. The van der Waals surface area contributed by atoms with Gasteiger partial charge in [0.05, 0.1) is 12.4 Å². The zero-order valence-corrected chi connectivity index (χ0v) is 10.3. The number of nitrogens with zero attached hydrogens (tertiary/aromatic N) is 2. The lowest BCUT2D eigenvalue weighted by molar-refractivity contribution is 0.161. The molecule has 2 heterocycles. The molecule has 0 radical (unpaired) electrons. The summed E-state index contributed by atoms with van der Waals surface area (Å²) in [6, 6.07) is 3.58. The van der Waals surface area contributed by atoms with E-state index < -0.39 is 6.10 Å². The van der Waals surface area contributed by atoms with Crippen molar-refractivity contribution >= 4 is 11.6 Å². The van der Waals surface area contributed by atoms with Gasteiger partial charge in [-0.05, 0) is 19.1 Å². The summed E-state index contributed by atoms with van der Waals surface area (Å²) in [5.74, 6) is 2.59. The summed E-state index contributed by atoms with van der Waals surface area (Å²) in [4.78, 5) is 8.25. The summed E-state index contributed by atoms with van der Waals surface area (Å²) in [6.45, 7) is 2.15. The van der Waals surface area contributed by atoms with Crippen molar-refractivity contribution in [1.82, 2.24) is 9.97 Å². The highest BCUT2D eigenvalue weighted by Gasteiger charge is 2.11. The average molecular weight is 248 g/mol. The van der Waals surface area contributed by atoms with Crippen LogP contribution in [-0.2, 0) is 0 Å². The molecule has 2 aromatic heterocycles. The first kappa shape index (κ1) is 12.4. The van der Waals surface area contributed by atoms with Crippen LogP contribution < -0.4 is 10.6 Å². The van der Waals surface area contributed by atoms with Gasteiger partial charge in [0.1, 0.15) is 29.3 Å². The highest BCUT2D eigenvalue weighted by Crippen LogP contribution is 2.16. The third-order valence-corrected chi connectivity index (χ3v) is 2.46. The van der Waals surface area contributed by atoms with Gasteiger partial charge in [-0.1, -0.05) is 0 Å². The number of hydrogen-bond acceptors (Lipinski definition) is 6. The minimum atomic E-state index is -0.709. The number of anilines is 2. The molecule has 0 aliphatic heterocycles. The van der Waals surface area contributed by atoms with E-state index in [2.05, 4.69) is 20.6 Å². The van der Waals surface area contributed by atoms with Gasteiger partial charge >= 0.3 is 0 Å². The smallest absolute Gasteiger partial charge is 0.147 e. The molecular weight excluding hydrogens is 232 g/mol. The van der Waals surface area contributed by atoms with Gasteiger partial charge in [-0.25, -0.2) is 4.98 Å². The lowest BCUT2D eigenvalue weighted by Gasteiger charge is -2.10. The second-order valence-electron chi connectivity index (χ2n) is 3.88. The molecule has 2 aromatic rings. The number of furan rings is 1. The Hall–Kier alpha value is -2.08. The summed E-state index contributed by atoms with van der Waals surface area (Å²) >= 11 is 0. The molecule has 1 unspecified atom stereocenters. The van der Waals surface area contributed by atoms with Crippen LogP contribution in [0.4, 0.5) is 11.6 Å². The van der Waals surface area contributed by atoms with Gasteiger partial charge in [0.15, 0.2) is 0 Å². The molecule has 0 bridgehead atoms. The Labute approximate surface area is 105 Å². The molecule has 0 spiro atoms. The molecule has 18 heavy (non-hydrogen) atoms. The fraction of sp³-hybridized carbons (Fsp3) is 0.333. The van der Waals surface area contributed by atoms with Gasteiger partial charge in [0, 0.05) is 13.6 Å². The van der Waals surface area contributed by atoms with Gasteiger partial charge in [0.25, 0.3) is 0 Å². The maximum atomic E-state index is 9.90. The summed E-state index contributed by atoms with van der Waals surface area (Å²) < 4.78 is 5.34. The predicted molar refractivity (Wildman–Crippen MR) is 68.5 cm³/mol. The lowest BCUT2D eigenvalue weighted by atomic mass is 10.3. The third kappa shape index (κ3) is 2.98. The van der Waals surface area contributed by atoms with Crippen molar-refractivity contribution in [1.29, 1.82) is 0 Å². The highest BCUT2D eigenvalue weighted by atomic mass is 16.4. The van der Waals surface area contributed by atoms with E-state index in [0.717, 1.165) is 5.76 Å². The predicted octanol–water partition coefficient (Wildman–Crippen LogP) is 1.57. The zero-order valence-electron chi connectivity index (χ0n) is 10.3. The quantitative estimate of drug-likeness (QED) is 0.745. The molecule has 0 amide bonds. The Morgan fingerprint density at radius 3 is 2.78 bits per heavy atom. The Kier molecular flexibility index (Phi) is 3.78. The van der Waals surface area contributed by atoms with Crippen LogP contribution in [0.5, 0.6) is 0 Å². The molecule has 6 heteroatoms. The molecule has 0 aromatic carbocycles. The maximum Gasteiger partial charge on any atom is 0.147 e. The van der Waals surface area contributed by atoms with Crippen molar-refractivity contribution in [3.8, 4) is 0 Å². The fourth-order valence-electron chi connectivity index (χ4n) is 1.51. The minimum absolute atomic E-state index is 0.314. The zero-order chi connectivity index (χ0) is 13.0. The summed E-state index contributed by atoms with van der Waals surface area (Å²) in [6.07, 6.45) is 2.51. The number of rotatable bonds is 5. The van der Waals surface area contributed by atoms with E-state index in [1.807, 2.05) is 13.0 Å². The van der Waals surface area contributed by atoms with Crippen LogP contribution in [0.2, 0.25) is 0 Å². The van der Waals surface area contributed by atoms with Crippen molar-refractivity contribution in [3.63, 3.8) is 0 Å². The van der Waals surface area contributed by atoms with Crippen LogP contribution >= 0.6 is 0 Å². The molecule has 6 nitrogen and oxygen atoms in total. The van der Waals surface area contributed by atoms with E-state index >= 15 is 0 Å². The van der Waals surface area contributed by atoms with E-state index in [-0.39, 0.29) is 0 Å². The Balaban J connectivity index is 1.94. The minimum Gasteiger partial charge on any atom is -0.464 e. The van der Waals surface area contributed by atoms with E-state index in [1.165, 1.54) is 0 Å². The van der Waals surface area contributed by atoms with Gasteiger partial charge in [-0.15, -0.1) is 0 Å². The highest BCUT2D eigenvalue weighted by molar-refractivity contribution is 5.41. The second-order valence-corrected chi connectivity index (χ2v) is 3.88. The fourth-order valence-corrected chi connectivity index (χ4v) is 1.51. The topological polar surface area (TPSA) is 83.2 Å². The SMILES string of the molecule is CNc1cncc(NCC(O)c2ccc(C)o2)n1. The number of aromatic nitrogens is 2. The van der Waals surface area contributed by atoms with Crippen molar-refractivity contribution < 1.29 is 9.52 Å². The molecule has 0 fully saturated rings. The van der Waals surface area contributed by atoms with E-state index in [9.17, 15) is 5.11 Å². The molecule has 0 saturated heterocycles. The van der Waals surface area contributed by atoms with Gasteiger partial charge in [-0.2, -0.15) is 0 Å². The summed E-state index contributed by atoms with van der Waals surface area (Å²) in [5.41, 5.74) is 0. The molecule has 0 aliphatic rings. The summed E-state index contributed by atoms with van der Waals surface area (Å²) in [7, 11) is 1.77. The standard InChI is InChI=1S/C12H16N4O2/c1-8-3-4-10(18-8)9(17)5-15-12-7-14-6-11(13-2)16-12/h3-4,6-7,9,17H,5H2,1-2H3,(H2,13,15,16). The number of aryl methyl sites for hydroxylation is 1. The number of aliphatic hydroxyl groups is 1. The van der Waals surface area contributed by atoms with E-state index in [1.54, 1.807) is 25.5 Å². The lowest BCUT2D eigenvalue weighted by Crippen LogP contribution is -2.13. The van der Waals surface area contributed by atoms with Gasteiger partial charge in [-0.3, -0.25) is 4.98 Å². The molecule has 2 rings (SSSR count). The van der Waals surface area contributed by atoms with Crippen LogP contribution in [0.1, 0.15) is 17.6 Å². The van der Waals surface area contributed by atoms with Crippen LogP contribution in [0.3, 0.4) is 0 Å². The van der Waals surface area contributed by atoms with Crippen molar-refractivity contribution in [2.24, 2.45) is 0 Å². The number of hydrogen-bond donors (Lipinski definition) is 3. The number of nitrogens with one attached hydrogen (secondary N) is 2. The van der Waals surface area contributed by atoms with Crippen molar-refractivity contribution in [2.75, 3.05) is 24.2 Å². The maximum absolute atomic E-state index is 9.90. The Morgan fingerprint density at radius 2 is 2.11 bits per heavy atom. The second kappa shape index (κ2) is 5.50. The average Bonchev–Trinajstić information content (AvgIpc) is 2.83. The van der Waals surface area contributed by atoms with Crippen LogP contribution in [0.15, 0.2) is 28.9 Å².